The predicted octanol–water partition coefficient (Wildman–Crippen LogP) is 4.93. The van der Waals surface area contributed by atoms with Gasteiger partial charge in [-0.15, -0.1) is 0 Å². The smallest absolute Gasteiger partial charge is 0.272 e. The van der Waals surface area contributed by atoms with Crippen LogP contribution in [0.2, 0.25) is 0 Å². The van der Waals surface area contributed by atoms with Crippen molar-refractivity contribution in [3.05, 3.63) is 77.9 Å². The molecule has 0 saturated carbocycles. The lowest BCUT2D eigenvalue weighted by atomic mass is 9.95. The summed E-state index contributed by atoms with van der Waals surface area (Å²) in [6.07, 6.45) is 3.61. The second kappa shape index (κ2) is 15.8. The zero-order valence-corrected chi connectivity index (χ0v) is 23.4. The van der Waals surface area contributed by atoms with Gasteiger partial charge in [0.05, 0.1) is 39.6 Å². The Balaban J connectivity index is 2.09. The van der Waals surface area contributed by atoms with E-state index in [0.29, 0.717) is 13.2 Å². The summed E-state index contributed by atoms with van der Waals surface area (Å²) in [5.74, 6) is -0.570. The fraction of sp³-hybridized carbons (Fsp3) is 0.407. The number of hydrogen-bond donors (Lipinski definition) is 1. The molecule has 0 aliphatic heterocycles. The molecule has 7 nitrogen and oxygen atoms in total. The van der Waals surface area contributed by atoms with Crippen molar-refractivity contribution in [3.63, 3.8) is 0 Å². The monoisotopic (exact) mass is 570 g/mol. The number of halogens is 3. The van der Waals surface area contributed by atoms with Crippen molar-refractivity contribution in [2.24, 2.45) is 5.92 Å². The van der Waals surface area contributed by atoms with Crippen molar-refractivity contribution < 1.29 is 23.8 Å². The van der Waals surface area contributed by atoms with Crippen LogP contribution in [0.4, 0.5) is 0 Å². The molecule has 1 N–H and O–H groups in total. The van der Waals surface area contributed by atoms with E-state index in [1.165, 1.54) is 4.90 Å². The lowest BCUT2D eigenvalue weighted by Gasteiger charge is -2.28. The maximum absolute atomic E-state index is 12.6. The maximum Gasteiger partial charge on any atom is 0.272 e. The average molecular weight is 572 g/mol. The van der Waals surface area contributed by atoms with E-state index in [0.717, 1.165) is 16.9 Å². The topological polar surface area (TPSA) is 77.1 Å². The molecular formula is C27H33Cl3N2O5. The van der Waals surface area contributed by atoms with Crippen LogP contribution in [0.1, 0.15) is 17.5 Å². The van der Waals surface area contributed by atoms with Crippen LogP contribution in [-0.2, 0) is 32.3 Å². The normalized spacial score (nSPS) is 13.2. The molecule has 0 unspecified atom stereocenters. The fourth-order valence-corrected chi connectivity index (χ4v) is 3.49. The van der Waals surface area contributed by atoms with Gasteiger partial charge in [0.25, 0.3) is 9.70 Å². The lowest BCUT2D eigenvalue weighted by molar-refractivity contribution is -0.131. The highest BCUT2D eigenvalue weighted by Crippen LogP contribution is 2.27. The molecule has 0 aliphatic rings. The molecule has 0 saturated heterocycles. The summed E-state index contributed by atoms with van der Waals surface area (Å²) in [4.78, 5) is 26.6. The molecule has 2 rings (SSSR count). The van der Waals surface area contributed by atoms with Crippen LogP contribution in [0, 0.1) is 5.92 Å². The van der Waals surface area contributed by atoms with E-state index in [9.17, 15) is 9.59 Å². The predicted molar refractivity (Wildman–Crippen MR) is 147 cm³/mol. The number of methoxy groups -OCH3 is 1. The minimum Gasteiger partial charge on any atom is -0.497 e. The van der Waals surface area contributed by atoms with Crippen molar-refractivity contribution in [1.29, 1.82) is 0 Å². The number of nitrogens with one attached hydrogen (secondary N) is 1. The number of hydrogen-bond acceptors (Lipinski definition) is 5. The molecule has 0 aliphatic carbocycles. The molecular weight excluding hydrogens is 539 g/mol. The van der Waals surface area contributed by atoms with Crippen LogP contribution < -0.4 is 10.1 Å². The van der Waals surface area contributed by atoms with Gasteiger partial charge in [-0.3, -0.25) is 9.59 Å². The standard InChI is InChI=1S/C27H33Cl3N2O5/c1-32(2)25(33)16-22(19-37-18-20-8-5-4-6-9-20)24(31-26(34)27(28,29)30)10-7-15-36-17-21-11-13-23(35-3)14-12-21/h4-14,22,24H,15-19H2,1-3H3,(H,31,34)/b10-7+/t22-,24+/m1/s1. The first-order valence-electron chi connectivity index (χ1n) is 11.7. The second-order valence-corrected chi connectivity index (χ2v) is 10.8. The number of alkyl halides is 3. The summed E-state index contributed by atoms with van der Waals surface area (Å²) in [7, 11) is 4.95. The molecule has 2 aromatic rings. The maximum atomic E-state index is 12.6. The van der Waals surface area contributed by atoms with Crippen LogP contribution in [-0.4, -0.2) is 61.0 Å². The van der Waals surface area contributed by atoms with Crippen LogP contribution in [0.25, 0.3) is 0 Å². The van der Waals surface area contributed by atoms with Gasteiger partial charge in [0.15, 0.2) is 0 Å². The number of carbonyl (C=O) groups is 2. The first-order chi connectivity index (χ1) is 17.6. The second-order valence-electron chi connectivity index (χ2n) is 8.54. The summed E-state index contributed by atoms with van der Waals surface area (Å²) in [6, 6.07) is 16.6. The molecule has 0 fully saturated rings. The largest absolute Gasteiger partial charge is 0.497 e. The molecule has 2 atom stereocenters. The van der Waals surface area contributed by atoms with Crippen LogP contribution in [0.3, 0.4) is 0 Å². The summed E-state index contributed by atoms with van der Waals surface area (Å²) >= 11 is 17.4. The van der Waals surface area contributed by atoms with Gasteiger partial charge < -0.3 is 24.4 Å². The van der Waals surface area contributed by atoms with Crippen molar-refractivity contribution >= 4 is 46.6 Å². The third-order valence-electron chi connectivity index (χ3n) is 5.43. The number of carbonyl (C=O) groups excluding carboxylic acids is 2. The number of amides is 2. The van der Waals surface area contributed by atoms with E-state index < -0.39 is 21.7 Å². The average Bonchev–Trinajstić information content (AvgIpc) is 2.87. The Bertz CT molecular complexity index is 995. The summed E-state index contributed by atoms with van der Waals surface area (Å²) in [5, 5.41) is 2.73. The SMILES string of the molecule is COc1ccc(COC/C=C/[C@H](NC(=O)C(Cl)(Cl)Cl)[C@@H](COCc2ccccc2)CC(=O)N(C)C)cc1. The number of rotatable bonds is 14. The molecule has 10 heteroatoms. The van der Waals surface area contributed by atoms with Gasteiger partial charge in [0, 0.05) is 26.4 Å². The van der Waals surface area contributed by atoms with E-state index in [1.54, 1.807) is 33.4 Å². The van der Waals surface area contributed by atoms with E-state index >= 15 is 0 Å². The minimum atomic E-state index is -2.15. The van der Waals surface area contributed by atoms with Gasteiger partial charge in [-0.2, -0.15) is 0 Å². The van der Waals surface area contributed by atoms with Gasteiger partial charge in [0.2, 0.25) is 5.91 Å². The zero-order chi connectivity index (χ0) is 27.3. The Kier molecular flexibility index (Phi) is 13.2. The fourth-order valence-electron chi connectivity index (χ4n) is 3.32. The Morgan fingerprint density at radius 1 is 0.973 bits per heavy atom. The molecule has 0 aromatic heterocycles. The van der Waals surface area contributed by atoms with E-state index in [4.69, 9.17) is 49.0 Å². The molecule has 0 radical (unpaired) electrons. The Labute approximate surface area is 233 Å². The number of nitrogens with zero attached hydrogens (tertiary/aromatic N) is 1. The summed E-state index contributed by atoms with van der Waals surface area (Å²) in [5.41, 5.74) is 1.98. The summed E-state index contributed by atoms with van der Waals surface area (Å²) < 4.78 is 14.7. The van der Waals surface area contributed by atoms with Crippen molar-refractivity contribution in [3.8, 4) is 5.75 Å². The van der Waals surface area contributed by atoms with Crippen LogP contribution in [0.5, 0.6) is 5.75 Å². The number of ether oxygens (including phenoxy) is 3. The van der Waals surface area contributed by atoms with Crippen molar-refractivity contribution in [2.75, 3.05) is 34.4 Å². The van der Waals surface area contributed by atoms with E-state index in [-0.39, 0.29) is 25.5 Å². The van der Waals surface area contributed by atoms with E-state index in [2.05, 4.69) is 5.32 Å². The lowest BCUT2D eigenvalue weighted by Crippen LogP contribution is -2.46. The zero-order valence-electron chi connectivity index (χ0n) is 21.2. The highest BCUT2D eigenvalue weighted by atomic mass is 35.6. The molecule has 0 heterocycles. The summed E-state index contributed by atoms with van der Waals surface area (Å²) in [6.45, 7) is 1.21. The Morgan fingerprint density at radius 2 is 1.59 bits per heavy atom. The molecule has 2 amide bonds. The minimum absolute atomic E-state index is 0.115. The highest BCUT2D eigenvalue weighted by Gasteiger charge is 2.34. The molecule has 202 valence electrons. The van der Waals surface area contributed by atoms with Crippen LogP contribution in [0.15, 0.2) is 66.7 Å². The van der Waals surface area contributed by atoms with Crippen molar-refractivity contribution in [2.45, 2.75) is 29.5 Å². The third-order valence-corrected chi connectivity index (χ3v) is 5.94. The molecule has 37 heavy (non-hydrogen) atoms. The number of benzene rings is 2. The van der Waals surface area contributed by atoms with Crippen LogP contribution >= 0.6 is 34.8 Å². The van der Waals surface area contributed by atoms with Gasteiger partial charge >= 0.3 is 0 Å². The van der Waals surface area contributed by atoms with Gasteiger partial charge in [0.1, 0.15) is 5.75 Å². The quantitative estimate of drug-likeness (QED) is 0.198. The van der Waals surface area contributed by atoms with Gasteiger partial charge in [-0.1, -0.05) is 89.4 Å². The third kappa shape index (κ3) is 11.8. The Hall–Kier alpha value is -2.29. The van der Waals surface area contributed by atoms with Gasteiger partial charge in [-0.25, -0.2) is 0 Å². The van der Waals surface area contributed by atoms with Crippen molar-refractivity contribution in [1.82, 2.24) is 10.2 Å². The highest BCUT2D eigenvalue weighted by molar-refractivity contribution is 6.76. The first-order valence-corrected chi connectivity index (χ1v) is 12.8. The van der Waals surface area contributed by atoms with E-state index in [1.807, 2.05) is 54.6 Å². The molecule has 2 aromatic carbocycles. The molecule has 0 bridgehead atoms. The Morgan fingerprint density at radius 3 is 2.19 bits per heavy atom. The molecule has 0 spiro atoms. The first kappa shape index (κ1) is 30.9. The van der Waals surface area contributed by atoms with Gasteiger partial charge in [-0.05, 0) is 23.3 Å².